The molecule has 1 aliphatic heterocycles. The molecule has 1 atom stereocenters. The minimum absolute atomic E-state index is 0.174. The quantitative estimate of drug-likeness (QED) is 0.509. The molecule has 10 heteroatoms. The van der Waals surface area contributed by atoms with E-state index in [1.807, 2.05) is 42.5 Å². The van der Waals surface area contributed by atoms with Crippen LogP contribution in [0.5, 0.6) is 5.88 Å². The number of benzene rings is 1. The zero-order chi connectivity index (χ0) is 22.1. The van der Waals surface area contributed by atoms with Crippen LogP contribution in [0.4, 0.5) is 16.3 Å². The number of ether oxygens (including phenoxy) is 1. The van der Waals surface area contributed by atoms with Gasteiger partial charge < -0.3 is 15.8 Å². The number of fused-ring (bicyclic) bond motifs is 1. The molecule has 10 nitrogen and oxygen atoms in total. The zero-order valence-electron chi connectivity index (χ0n) is 17.3. The smallest absolute Gasteiger partial charge is 0.346 e. The number of methoxy groups -OCH3 is 1. The third-order valence-corrected chi connectivity index (χ3v) is 5.35. The van der Waals surface area contributed by atoms with Crippen molar-refractivity contribution in [3.63, 3.8) is 0 Å². The molecule has 2 amide bonds. The van der Waals surface area contributed by atoms with Crippen LogP contribution in [0, 0.1) is 0 Å². The fraction of sp³-hybridized carbons (Fsp3) is 0.182. The molecule has 0 spiro atoms. The van der Waals surface area contributed by atoms with E-state index in [0.29, 0.717) is 30.0 Å². The van der Waals surface area contributed by atoms with Crippen molar-refractivity contribution in [1.29, 1.82) is 0 Å². The van der Waals surface area contributed by atoms with Crippen LogP contribution >= 0.6 is 0 Å². The van der Waals surface area contributed by atoms with E-state index in [-0.39, 0.29) is 11.9 Å². The lowest BCUT2D eigenvalue weighted by Crippen LogP contribution is -2.33. The summed E-state index contributed by atoms with van der Waals surface area (Å²) in [5, 5.41) is 8.50. The van der Waals surface area contributed by atoms with Gasteiger partial charge >= 0.3 is 6.03 Å². The molecule has 5 rings (SSSR count). The van der Waals surface area contributed by atoms with E-state index in [1.54, 1.807) is 16.8 Å². The van der Waals surface area contributed by atoms with Crippen LogP contribution in [0.3, 0.4) is 0 Å². The predicted octanol–water partition coefficient (Wildman–Crippen LogP) is 3.29. The van der Waals surface area contributed by atoms with Crippen molar-refractivity contribution < 1.29 is 14.4 Å². The second-order valence-corrected chi connectivity index (χ2v) is 7.25. The largest absolute Gasteiger partial charge is 0.480 e. The van der Waals surface area contributed by atoms with Crippen LogP contribution in [-0.4, -0.2) is 44.4 Å². The van der Waals surface area contributed by atoms with Crippen LogP contribution in [-0.2, 0) is 4.84 Å². The molecule has 0 radical (unpaired) electrons. The lowest BCUT2D eigenvalue weighted by Gasteiger charge is -2.23. The summed E-state index contributed by atoms with van der Waals surface area (Å²) in [5.74, 6) is 0.659. The Bertz CT molecular complexity index is 1280. The van der Waals surface area contributed by atoms with Crippen molar-refractivity contribution in [1.82, 2.24) is 24.6 Å². The zero-order valence-corrected chi connectivity index (χ0v) is 17.3. The Morgan fingerprint density at radius 1 is 1.22 bits per heavy atom. The molecule has 1 aliphatic rings. The number of nitrogens with one attached hydrogen (secondary N) is 1. The molecule has 3 N–H and O–H groups in total. The molecule has 162 valence electrons. The van der Waals surface area contributed by atoms with Crippen LogP contribution in [0.2, 0.25) is 0 Å². The summed E-state index contributed by atoms with van der Waals surface area (Å²) in [5.41, 5.74) is 9.51. The second-order valence-electron chi connectivity index (χ2n) is 7.25. The van der Waals surface area contributed by atoms with E-state index in [4.69, 9.17) is 15.3 Å². The Morgan fingerprint density at radius 3 is 2.88 bits per heavy atom. The van der Waals surface area contributed by atoms with E-state index in [0.717, 1.165) is 16.8 Å². The van der Waals surface area contributed by atoms with Crippen LogP contribution < -0.4 is 15.8 Å². The summed E-state index contributed by atoms with van der Waals surface area (Å²) in [7, 11) is 1.50. The van der Waals surface area contributed by atoms with Crippen LogP contribution in [0.15, 0.2) is 61.1 Å². The fourth-order valence-corrected chi connectivity index (χ4v) is 3.83. The maximum atomic E-state index is 13.1. The maximum Gasteiger partial charge on any atom is 0.346 e. The molecule has 32 heavy (non-hydrogen) atoms. The number of nitrogens with two attached hydrogens (primary N) is 1. The highest BCUT2D eigenvalue weighted by atomic mass is 16.7. The maximum absolute atomic E-state index is 13.1. The molecule has 4 heterocycles. The number of pyridine rings is 1. The number of hydrogen-bond donors (Lipinski definition) is 2. The number of nitrogen functional groups attached to an aromatic ring is 1. The van der Waals surface area contributed by atoms with E-state index < -0.39 is 6.03 Å². The molecule has 3 aromatic heterocycles. The summed E-state index contributed by atoms with van der Waals surface area (Å²) >= 11 is 0. The highest BCUT2D eigenvalue weighted by Crippen LogP contribution is 2.33. The Morgan fingerprint density at radius 2 is 2.06 bits per heavy atom. The average molecular weight is 431 g/mol. The van der Waals surface area contributed by atoms with Gasteiger partial charge in [0.1, 0.15) is 17.5 Å². The molecular weight excluding hydrogens is 410 g/mol. The Balaban J connectivity index is 1.45. The first kappa shape index (κ1) is 19.8. The van der Waals surface area contributed by atoms with E-state index in [2.05, 4.69) is 20.4 Å². The van der Waals surface area contributed by atoms with E-state index in [9.17, 15) is 4.79 Å². The first-order chi connectivity index (χ1) is 15.7. The van der Waals surface area contributed by atoms with Crippen molar-refractivity contribution >= 4 is 23.1 Å². The van der Waals surface area contributed by atoms with Gasteiger partial charge in [-0.3, -0.25) is 4.84 Å². The van der Waals surface area contributed by atoms with Gasteiger partial charge in [0.2, 0.25) is 5.88 Å². The van der Waals surface area contributed by atoms with Crippen LogP contribution in [0.25, 0.3) is 16.8 Å². The highest BCUT2D eigenvalue weighted by Gasteiger charge is 2.32. The number of urea groups is 1. The number of hydroxylamine groups is 2. The number of amides is 2. The number of nitrogens with zero attached hydrogens (tertiary/aromatic N) is 5. The lowest BCUT2D eigenvalue weighted by atomic mass is 10.1. The molecular formula is C22H21N7O3. The molecule has 1 fully saturated rings. The SMILES string of the molecule is COc1ncc(-c2ccc3c(N)ncnn23)cc1NC(=O)N1OCCC1c1ccccc1. The molecule has 0 aliphatic carbocycles. The van der Waals surface area contributed by atoms with Gasteiger partial charge in [0.05, 0.1) is 25.5 Å². The van der Waals surface area contributed by atoms with Gasteiger partial charge in [-0.25, -0.2) is 19.3 Å². The number of anilines is 2. The lowest BCUT2D eigenvalue weighted by molar-refractivity contribution is -0.0830. The predicted molar refractivity (Wildman–Crippen MR) is 118 cm³/mol. The molecule has 1 unspecified atom stereocenters. The average Bonchev–Trinajstić information content (AvgIpc) is 3.48. The Labute approximate surface area is 183 Å². The minimum Gasteiger partial charge on any atom is -0.480 e. The van der Waals surface area contributed by atoms with Gasteiger partial charge in [-0.05, 0) is 23.8 Å². The topological polar surface area (TPSA) is 120 Å². The van der Waals surface area contributed by atoms with Gasteiger partial charge in [0.25, 0.3) is 0 Å². The molecule has 0 saturated carbocycles. The van der Waals surface area contributed by atoms with Gasteiger partial charge in [-0.1, -0.05) is 30.3 Å². The van der Waals surface area contributed by atoms with E-state index >= 15 is 0 Å². The van der Waals surface area contributed by atoms with Crippen molar-refractivity contribution in [3.8, 4) is 17.1 Å². The monoisotopic (exact) mass is 431 g/mol. The van der Waals surface area contributed by atoms with Gasteiger partial charge in [0, 0.05) is 18.2 Å². The highest BCUT2D eigenvalue weighted by molar-refractivity contribution is 5.91. The number of rotatable bonds is 4. The fourth-order valence-electron chi connectivity index (χ4n) is 3.83. The summed E-state index contributed by atoms with van der Waals surface area (Å²) in [6.07, 6.45) is 3.75. The minimum atomic E-state index is -0.403. The van der Waals surface area contributed by atoms with E-state index in [1.165, 1.54) is 18.5 Å². The Kier molecular flexibility index (Phi) is 5.04. The molecule has 1 saturated heterocycles. The standard InChI is InChI=1S/C22H21N7O3/c1-31-21-16(27-22(30)29-18(9-10-32-29)14-5-3-2-4-6-14)11-15(12-24-21)17-7-8-19-20(23)25-13-26-28(17)19/h2-8,11-13,18H,9-10H2,1H3,(H,27,30)(H2,23,25,26). The third-order valence-electron chi connectivity index (χ3n) is 5.35. The summed E-state index contributed by atoms with van der Waals surface area (Å²) in [6, 6.07) is 14.7. The second kappa shape index (κ2) is 8.16. The van der Waals surface area contributed by atoms with Crippen molar-refractivity contribution in [2.75, 3.05) is 24.8 Å². The molecule has 1 aromatic carbocycles. The van der Waals surface area contributed by atoms with Gasteiger partial charge in [-0.2, -0.15) is 10.2 Å². The van der Waals surface area contributed by atoms with Crippen molar-refractivity contribution in [2.45, 2.75) is 12.5 Å². The summed E-state index contributed by atoms with van der Waals surface area (Å²) < 4.78 is 7.03. The van der Waals surface area contributed by atoms with Crippen molar-refractivity contribution in [2.24, 2.45) is 0 Å². The summed E-state index contributed by atoms with van der Waals surface area (Å²) in [4.78, 5) is 27.1. The first-order valence-electron chi connectivity index (χ1n) is 10.1. The van der Waals surface area contributed by atoms with Crippen molar-refractivity contribution in [3.05, 3.63) is 66.6 Å². The number of carbonyl (C=O) groups is 1. The first-order valence-corrected chi connectivity index (χ1v) is 10.1. The Hall–Kier alpha value is -4.18. The number of hydrogen-bond acceptors (Lipinski definition) is 7. The molecule has 4 aromatic rings. The van der Waals surface area contributed by atoms with Crippen LogP contribution in [0.1, 0.15) is 18.0 Å². The summed E-state index contributed by atoms with van der Waals surface area (Å²) in [6.45, 7) is 0.458. The number of aromatic nitrogens is 4. The van der Waals surface area contributed by atoms with Gasteiger partial charge in [0.15, 0.2) is 5.82 Å². The number of carbonyl (C=O) groups excluding carboxylic acids is 1. The molecule has 0 bridgehead atoms. The normalized spacial score (nSPS) is 15.8. The third kappa shape index (κ3) is 3.46. The van der Waals surface area contributed by atoms with Gasteiger partial charge in [-0.15, -0.1) is 0 Å².